The second kappa shape index (κ2) is 4.57. The monoisotopic (exact) mass is 244 g/mol. The van der Waals surface area contributed by atoms with Gasteiger partial charge in [-0.2, -0.15) is 0 Å². The summed E-state index contributed by atoms with van der Waals surface area (Å²) < 4.78 is -1.53. The van der Waals surface area contributed by atoms with Crippen LogP contribution in [0.25, 0.3) is 0 Å². The van der Waals surface area contributed by atoms with Crippen molar-refractivity contribution in [2.24, 2.45) is 11.8 Å². The van der Waals surface area contributed by atoms with Gasteiger partial charge in [0.25, 0.3) is 0 Å². The predicted molar refractivity (Wildman–Crippen MR) is 57.4 cm³/mol. The molecule has 1 saturated carbocycles. The fraction of sp³-hybridized carbons (Fsp3) is 1.00. The Kier molecular flexibility index (Phi) is 4.18. The van der Waals surface area contributed by atoms with Crippen molar-refractivity contribution in [2.75, 3.05) is 0 Å². The molecule has 3 atom stereocenters. The van der Waals surface area contributed by atoms with Crippen LogP contribution < -0.4 is 0 Å². The lowest BCUT2D eigenvalue weighted by molar-refractivity contribution is 0.0565. The van der Waals surface area contributed by atoms with E-state index in [9.17, 15) is 5.11 Å². The summed E-state index contributed by atoms with van der Waals surface area (Å²) in [7, 11) is 0. The molecule has 1 rings (SSSR count). The predicted octanol–water partition coefficient (Wildman–Crippen LogP) is 3.54. The standard InChI is InChI=1S/C9H15Cl3O/c1-6-4-2-3-5-7(6)8(13)9(10,11)12/h6-8,13H,2-5H2,1H3. The van der Waals surface area contributed by atoms with Gasteiger partial charge in [-0.25, -0.2) is 0 Å². The van der Waals surface area contributed by atoms with Crippen molar-refractivity contribution in [1.82, 2.24) is 0 Å². The number of rotatable bonds is 1. The van der Waals surface area contributed by atoms with E-state index in [1.807, 2.05) is 0 Å². The maximum Gasteiger partial charge on any atom is 0.216 e. The lowest BCUT2D eigenvalue weighted by Crippen LogP contribution is -2.38. The maximum absolute atomic E-state index is 9.79. The Hall–Kier alpha value is 0.830. The molecule has 0 aliphatic heterocycles. The van der Waals surface area contributed by atoms with Gasteiger partial charge >= 0.3 is 0 Å². The first-order chi connectivity index (χ1) is 5.93. The minimum absolute atomic E-state index is 0.140. The lowest BCUT2D eigenvalue weighted by Gasteiger charge is -2.35. The normalized spacial score (nSPS) is 33.0. The third kappa shape index (κ3) is 3.16. The highest BCUT2D eigenvalue weighted by molar-refractivity contribution is 6.68. The Bertz CT molecular complexity index is 167. The van der Waals surface area contributed by atoms with Crippen molar-refractivity contribution in [3.8, 4) is 0 Å². The number of hydrogen-bond acceptors (Lipinski definition) is 1. The molecular weight excluding hydrogens is 230 g/mol. The molecule has 3 unspecified atom stereocenters. The molecule has 1 aliphatic rings. The molecule has 0 saturated heterocycles. The van der Waals surface area contributed by atoms with Crippen LogP contribution in [-0.4, -0.2) is 15.0 Å². The van der Waals surface area contributed by atoms with Gasteiger partial charge in [0, 0.05) is 0 Å². The van der Waals surface area contributed by atoms with Crippen LogP contribution in [0.5, 0.6) is 0 Å². The van der Waals surface area contributed by atoms with Crippen molar-refractivity contribution < 1.29 is 5.11 Å². The molecule has 0 spiro atoms. The maximum atomic E-state index is 9.79. The molecule has 4 heteroatoms. The summed E-state index contributed by atoms with van der Waals surface area (Å²) in [4.78, 5) is 0. The van der Waals surface area contributed by atoms with E-state index in [-0.39, 0.29) is 5.92 Å². The van der Waals surface area contributed by atoms with Gasteiger partial charge in [-0.3, -0.25) is 0 Å². The van der Waals surface area contributed by atoms with Gasteiger partial charge in [-0.15, -0.1) is 0 Å². The topological polar surface area (TPSA) is 20.2 Å². The van der Waals surface area contributed by atoms with Gasteiger partial charge in [-0.05, 0) is 18.3 Å². The second-order valence-corrected chi connectivity index (χ2v) is 6.28. The number of halogens is 3. The van der Waals surface area contributed by atoms with Crippen molar-refractivity contribution in [3.63, 3.8) is 0 Å². The summed E-state index contributed by atoms with van der Waals surface area (Å²) in [5.74, 6) is 0.598. The molecule has 0 amide bonds. The largest absolute Gasteiger partial charge is 0.388 e. The molecule has 0 bridgehead atoms. The van der Waals surface area contributed by atoms with Crippen molar-refractivity contribution in [3.05, 3.63) is 0 Å². The molecule has 0 aromatic heterocycles. The number of aliphatic hydroxyl groups excluding tert-OH is 1. The SMILES string of the molecule is CC1CCCCC1C(O)C(Cl)(Cl)Cl. The van der Waals surface area contributed by atoms with E-state index in [2.05, 4.69) is 6.92 Å². The molecule has 0 aromatic carbocycles. The summed E-state index contributed by atoms with van der Waals surface area (Å²) in [6.07, 6.45) is 3.63. The van der Waals surface area contributed by atoms with Crippen molar-refractivity contribution in [2.45, 2.75) is 42.5 Å². The molecule has 1 nitrogen and oxygen atoms in total. The quantitative estimate of drug-likeness (QED) is 0.701. The van der Waals surface area contributed by atoms with Crippen LogP contribution in [0.1, 0.15) is 32.6 Å². The van der Waals surface area contributed by atoms with Gasteiger partial charge in [0.15, 0.2) is 0 Å². The van der Waals surface area contributed by atoms with Crippen LogP contribution >= 0.6 is 34.8 Å². The molecule has 13 heavy (non-hydrogen) atoms. The highest BCUT2D eigenvalue weighted by atomic mass is 35.6. The van der Waals surface area contributed by atoms with Crippen molar-refractivity contribution >= 4 is 34.8 Å². The van der Waals surface area contributed by atoms with Gasteiger partial charge < -0.3 is 5.11 Å². The van der Waals surface area contributed by atoms with E-state index in [1.54, 1.807) is 0 Å². The molecule has 1 N–H and O–H groups in total. The average Bonchev–Trinajstić information content (AvgIpc) is 2.02. The number of hydrogen-bond donors (Lipinski definition) is 1. The number of alkyl halides is 3. The Morgan fingerprint density at radius 1 is 1.23 bits per heavy atom. The Morgan fingerprint density at radius 2 is 1.77 bits per heavy atom. The van der Waals surface area contributed by atoms with Gasteiger partial charge in [0.05, 0.1) is 0 Å². The van der Waals surface area contributed by atoms with Gasteiger partial charge in [0.1, 0.15) is 6.10 Å². The first kappa shape index (κ1) is 11.9. The van der Waals surface area contributed by atoms with Crippen molar-refractivity contribution in [1.29, 1.82) is 0 Å². The fourth-order valence-electron chi connectivity index (χ4n) is 2.06. The molecule has 0 aromatic rings. The van der Waals surface area contributed by atoms with E-state index in [0.29, 0.717) is 5.92 Å². The molecule has 0 radical (unpaired) electrons. The first-order valence-electron chi connectivity index (χ1n) is 4.67. The van der Waals surface area contributed by atoms with Crippen LogP contribution in [-0.2, 0) is 0 Å². The van der Waals surface area contributed by atoms with Crippen LogP contribution in [0.2, 0.25) is 0 Å². The molecule has 1 fully saturated rings. The fourth-order valence-corrected chi connectivity index (χ4v) is 2.54. The molecule has 1 aliphatic carbocycles. The first-order valence-corrected chi connectivity index (χ1v) is 5.81. The van der Waals surface area contributed by atoms with E-state index < -0.39 is 9.90 Å². The summed E-state index contributed by atoms with van der Waals surface area (Å²) in [6.45, 7) is 2.11. The Labute approximate surface area is 94.4 Å². The zero-order valence-corrected chi connectivity index (χ0v) is 9.91. The van der Waals surface area contributed by atoms with Gasteiger partial charge in [-0.1, -0.05) is 61.0 Å². The zero-order valence-electron chi connectivity index (χ0n) is 7.64. The van der Waals surface area contributed by atoms with Crippen LogP contribution in [0.15, 0.2) is 0 Å². The summed E-state index contributed by atoms with van der Waals surface area (Å²) >= 11 is 17.0. The molecule has 78 valence electrons. The summed E-state index contributed by atoms with van der Waals surface area (Å²) in [6, 6.07) is 0. The van der Waals surface area contributed by atoms with Crippen LogP contribution in [0.3, 0.4) is 0 Å². The van der Waals surface area contributed by atoms with Crippen LogP contribution in [0, 0.1) is 11.8 Å². The van der Waals surface area contributed by atoms with E-state index >= 15 is 0 Å². The smallest absolute Gasteiger partial charge is 0.216 e. The Balaban J connectivity index is 2.58. The Morgan fingerprint density at radius 3 is 2.23 bits per heavy atom. The minimum atomic E-state index is -1.53. The highest BCUT2D eigenvalue weighted by Gasteiger charge is 2.40. The minimum Gasteiger partial charge on any atom is -0.388 e. The summed E-state index contributed by atoms with van der Waals surface area (Å²) in [5, 5.41) is 9.79. The van der Waals surface area contributed by atoms with E-state index in [1.165, 1.54) is 6.42 Å². The lowest BCUT2D eigenvalue weighted by atomic mass is 9.77. The molecule has 0 heterocycles. The molecular formula is C9H15Cl3O. The van der Waals surface area contributed by atoms with Gasteiger partial charge in [0.2, 0.25) is 3.79 Å². The highest BCUT2D eigenvalue weighted by Crippen LogP contribution is 2.41. The van der Waals surface area contributed by atoms with E-state index in [0.717, 1.165) is 19.3 Å². The van der Waals surface area contributed by atoms with E-state index in [4.69, 9.17) is 34.8 Å². The number of aliphatic hydroxyl groups is 1. The van der Waals surface area contributed by atoms with Crippen LogP contribution in [0.4, 0.5) is 0 Å². The third-order valence-corrected chi connectivity index (χ3v) is 3.59. The zero-order chi connectivity index (χ0) is 10.1. The second-order valence-electron chi connectivity index (χ2n) is 3.91. The average molecular weight is 246 g/mol. The third-order valence-electron chi connectivity index (χ3n) is 2.92. The summed E-state index contributed by atoms with van der Waals surface area (Å²) in [5.41, 5.74) is 0.